The number of nitrogens with one attached hydrogen (secondary N) is 1. The molecule has 0 spiro atoms. The first kappa shape index (κ1) is 17.3. The van der Waals surface area contributed by atoms with Crippen LogP contribution in [0.3, 0.4) is 0 Å². The highest BCUT2D eigenvalue weighted by molar-refractivity contribution is 5.95. The van der Waals surface area contributed by atoms with Gasteiger partial charge in [0.15, 0.2) is 0 Å². The molecule has 1 unspecified atom stereocenters. The van der Waals surface area contributed by atoms with Crippen LogP contribution in [0.5, 0.6) is 0 Å². The molecule has 2 heterocycles. The summed E-state index contributed by atoms with van der Waals surface area (Å²) in [6, 6.07) is 0.138. The van der Waals surface area contributed by atoms with Crippen molar-refractivity contribution in [3.63, 3.8) is 0 Å². The van der Waals surface area contributed by atoms with Gasteiger partial charge in [-0.25, -0.2) is 9.97 Å². The van der Waals surface area contributed by atoms with E-state index in [1.165, 1.54) is 13.4 Å². The maximum atomic E-state index is 12.8. The van der Waals surface area contributed by atoms with Gasteiger partial charge in [0.05, 0.1) is 11.3 Å². The van der Waals surface area contributed by atoms with E-state index in [9.17, 15) is 9.59 Å². The maximum Gasteiger partial charge on any atom is 0.257 e. The molecule has 1 aliphatic heterocycles. The van der Waals surface area contributed by atoms with Gasteiger partial charge in [0.2, 0.25) is 5.91 Å². The van der Waals surface area contributed by atoms with E-state index in [0.29, 0.717) is 17.8 Å². The first-order chi connectivity index (χ1) is 11.1. The van der Waals surface area contributed by atoms with Crippen LogP contribution in [0.15, 0.2) is 12.5 Å². The number of aromatic nitrogens is 2. The standard InChI is InChI=1S/C16H24N4O3/c1-12-14(9-17-11-19-12)16(22)20-8-4-3-5-13(20)6-7-18-15(21)10-23-2/h9,11,13H,3-8,10H2,1-2H3,(H,18,21). The third-order valence-electron chi connectivity index (χ3n) is 4.11. The van der Waals surface area contributed by atoms with Crippen molar-refractivity contribution >= 4 is 11.8 Å². The van der Waals surface area contributed by atoms with Crippen molar-refractivity contribution in [1.29, 1.82) is 0 Å². The minimum Gasteiger partial charge on any atom is -0.375 e. The van der Waals surface area contributed by atoms with Crippen LogP contribution in [0.2, 0.25) is 0 Å². The summed E-state index contributed by atoms with van der Waals surface area (Å²) in [4.78, 5) is 34.2. The van der Waals surface area contributed by atoms with Gasteiger partial charge in [-0.05, 0) is 32.6 Å². The minimum atomic E-state index is -0.131. The molecule has 126 valence electrons. The van der Waals surface area contributed by atoms with Crippen LogP contribution in [0.1, 0.15) is 41.7 Å². The van der Waals surface area contributed by atoms with Crippen LogP contribution < -0.4 is 5.32 Å². The molecular weight excluding hydrogens is 296 g/mol. The summed E-state index contributed by atoms with van der Waals surface area (Å²) in [7, 11) is 1.49. The Labute approximate surface area is 136 Å². The summed E-state index contributed by atoms with van der Waals surface area (Å²) >= 11 is 0. The number of hydrogen-bond acceptors (Lipinski definition) is 5. The largest absolute Gasteiger partial charge is 0.375 e. The third kappa shape index (κ3) is 4.72. The Bertz CT molecular complexity index is 550. The maximum absolute atomic E-state index is 12.8. The molecular formula is C16H24N4O3. The van der Waals surface area contributed by atoms with E-state index in [4.69, 9.17) is 4.74 Å². The quantitative estimate of drug-likeness (QED) is 0.843. The molecule has 1 aromatic rings. The molecule has 1 N–H and O–H groups in total. The van der Waals surface area contributed by atoms with E-state index >= 15 is 0 Å². The predicted octanol–water partition coefficient (Wildman–Crippen LogP) is 0.932. The van der Waals surface area contributed by atoms with E-state index in [-0.39, 0.29) is 24.5 Å². The fourth-order valence-electron chi connectivity index (χ4n) is 2.88. The number of carbonyl (C=O) groups excluding carboxylic acids is 2. The molecule has 0 saturated carbocycles. The van der Waals surface area contributed by atoms with Crippen molar-refractivity contribution in [1.82, 2.24) is 20.2 Å². The predicted molar refractivity (Wildman–Crippen MR) is 84.9 cm³/mol. The number of methoxy groups -OCH3 is 1. The number of likely N-dealkylation sites (tertiary alicyclic amines) is 1. The molecule has 2 rings (SSSR count). The lowest BCUT2D eigenvalue weighted by atomic mass is 9.98. The summed E-state index contributed by atoms with van der Waals surface area (Å²) in [5, 5.41) is 2.81. The SMILES string of the molecule is COCC(=O)NCCC1CCCCN1C(=O)c1cncnc1C. The highest BCUT2D eigenvalue weighted by Crippen LogP contribution is 2.22. The monoisotopic (exact) mass is 320 g/mol. The Morgan fingerprint density at radius 1 is 1.43 bits per heavy atom. The molecule has 1 atom stereocenters. The van der Waals surface area contributed by atoms with Crippen molar-refractivity contribution in [2.75, 3.05) is 26.8 Å². The Balaban J connectivity index is 1.97. The zero-order chi connectivity index (χ0) is 16.7. The normalized spacial score (nSPS) is 17.8. The summed E-state index contributed by atoms with van der Waals surface area (Å²) in [5.41, 5.74) is 1.26. The molecule has 1 fully saturated rings. The molecule has 1 aliphatic rings. The molecule has 7 heteroatoms. The smallest absolute Gasteiger partial charge is 0.257 e. The number of ether oxygens (including phenoxy) is 1. The van der Waals surface area contributed by atoms with Gasteiger partial charge in [-0.1, -0.05) is 0 Å². The van der Waals surface area contributed by atoms with Crippen LogP contribution in [-0.2, 0) is 9.53 Å². The number of aryl methyl sites for hydroxylation is 1. The number of hydrogen-bond donors (Lipinski definition) is 1. The fourth-order valence-corrected chi connectivity index (χ4v) is 2.88. The van der Waals surface area contributed by atoms with E-state index < -0.39 is 0 Å². The van der Waals surface area contributed by atoms with Crippen molar-refractivity contribution in [2.24, 2.45) is 0 Å². The zero-order valence-electron chi connectivity index (χ0n) is 13.7. The third-order valence-corrected chi connectivity index (χ3v) is 4.11. The second-order valence-electron chi connectivity index (χ2n) is 5.74. The lowest BCUT2D eigenvalue weighted by molar-refractivity contribution is -0.124. The van der Waals surface area contributed by atoms with Gasteiger partial charge >= 0.3 is 0 Å². The summed E-state index contributed by atoms with van der Waals surface area (Å²) in [6.07, 6.45) is 6.84. The lowest BCUT2D eigenvalue weighted by Gasteiger charge is -2.36. The van der Waals surface area contributed by atoms with Gasteiger partial charge in [0.1, 0.15) is 12.9 Å². The lowest BCUT2D eigenvalue weighted by Crippen LogP contribution is -2.45. The highest BCUT2D eigenvalue weighted by atomic mass is 16.5. The van der Waals surface area contributed by atoms with Gasteiger partial charge in [-0.3, -0.25) is 9.59 Å². The molecule has 0 aliphatic carbocycles. The highest BCUT2D eigenvalue weighted by Gasteiger charge is 2.28. The summed E-state index contributed by atoms with van der Waals surface area (Å²) < 4.78 is 4.79. The average Bonchev–Trinajstić information content (AvgIpc) is 2.55. The number of piperidine rings is 1. The first-order valence-corrected chi connectivity index (χ1v) is 7.96. The topological polar surface area (TPSA) is 84.4 Å². The van der Waals surface area contributed by atoms with Gasteiger partial charge in [0, 0.05) is 32.4 Å². The Kier molecular flexibility index (Phi) is 6.46. The van der Waals surface area contributed by atoms with E-state index in [2.05, 4.69) is 15.3 Å². The molecule has 23 heavy (non-hydrogen) atoms. The van der Waals surface area contributed by atoms with Gasteiger partial charge < -0.3 is 15.0 Å². The summed E-state index contributed by atoms with van der Waals surface area (Å²) in [5.74, 6) is -0.149. The van der Waals surface area contributed by atoms with Crippen LogP contribution in [0.25, 0.3) is 0 Å². The number of nitrogens with zero attached hydrogens (tertiary/aromatic N) is 3. The van der Waals surface area contributed by atoms with Gasteiger partial charge in [-0.15, -0.1) is 0 Å². The number of amides is 2. The Morgan fingerprint density at radius 2 is 2.26 bits per heavy atom. The van der Waals surface area contributed by atoms with E-state index in [0.717, 1.165) is 32.2 Å². The van der Waals surface area contributed by atoms with Crippen molar-refractivity contribution in [2.45, 2.75) is 38.6 Å². The van der Waals surface area contributed by atoms with Crippen molar-refractivity contribution < 1.29 is 14.3 Å². The zero-order valence-corrected chi connectivity index (χ0v) is 13.7. The average molecular weight is 320 g/mol. The van der Waals surface area contributed by atoms with E-state index in [1.54, 1.807) is 6.20 Å². The minimum absolute atomic E-state index is 0.0176. The van der Waals surface area contributed by atoms with Crippen LogP contribution in [-0.4, -0.2) is 59.5 Å². The van der Waals surface area contributed by atoms with Crippen LogP contribution >= 0.6 is 0 Å². The molecule has 0 bridgehead atoms. The number of carbonyl (C=O) groups is 2. The fraction of sp³-hybridized carbons (Fsp3) is 0.625. The first-order valence-electron chi connectivity index (χ1n) is 7.96. The van der Waals surface area contributed by atoms with Crippen molar-refractivity contribution in [3.8, 4) is 0 Å². The van der Waals surface area contributed by atoms with Gasteiger partial charge in [0.25, 0.3) is 5.91 Å². The van der Waals surface area contributed by atoms with E-state index in [1.807, 2.05) is 11.8 Å². The molecule has 0 radical (unpaired) electrons. The summed E-state index contributed by atoms with van der Waals surface area (Å²) in [6.45, 7) is 3.16. The van der Waals surface area contributed by atoms with Crippen molar-refractivity contribution in [3.05, 3.63) is 23.8 Å². The van der Waals surface area contributed by atoms with Crippen LogP contribution in [0, 0.1) is 6.92 Å². The Hall–Kier alpha value is -2.02. The molecule has 7 nitrogen and oxygen atoms in total. The Morgan fingerprint density at radius 3 is 3.00 bits per heavy atom. The molecule has 1 saturated heterocycles. The van der Waals surface area contributed by atoms with Gasteiger partial charge in [-0.2, -0.15) is 0 Å². The molecule has 0 aromatic carbocycles. The molecule has 2 amide bonds. The second-order valence-corrected chi connectivity index (χ2v) is 5.74. The number of rotatable bonds is 6. The molecule has 1 aromatic heterocycles. The van der Waals surface area contributed by atoms with Crippen LogP contribution in [0.4, 0.5) is 0 Å². The second kappa shape index (κ2) is 8.57.